The van der Waals surface area contributed by atoms with Gasteiger partial charge >= 0.3 is 5.97 Å². The molecule has 2 aromatic rings. The standard InChI is InChI=1S/C21H16Cl2N2O4/c22-18(23)17-11-6-7-13(17)16-10(11)2-1-3-15(16)25-20(27)12-5-4-9(21(28)29)8-14(12)19(24)26/h1-5,8,11,13H,6-7H2,(H2,24,26)(H,25,27)(H,28,29)/t11-,13+/m1/s1. The van der Waals surface area contributed by atoms with E-state index in [0.717, 1.165) is 35.6 Å². The Hall–Kier alpha value is -2.83. The average molecular weight is 431 g/mol. The summed E-state index contributed by atoms with van der Waals surface area (Å²) >= 11 is 12.2. The number of carboxylic acid groups (broad SMARTS) is 1. The van der Waals surface area contributed by atoms with Crippen molar-refractivity contribution in [2.24, 2.45) is 5.73 Å². The number of nitrogens with two attached hydrogens (primary N) is 1. The summed E-state index contributed by atoms with van der Waals surface area (Å²) in [5.41, 5.74) is 8.75. The number of carbonyl (C=O) groups is 3. The van der Waals surface area contributed by atoms with Gasteiger partial charge in [-0.15, -0.1) is 0 Å². The SMILES string of the molecule is NC(=O)c1cc(C(=O)O)ccc1C(=O)Nc1cccc2c1[C@@H]1CC[C@H]2C1=C(Cl)Cl. The number of halogens is 2. The summed E-state index contributed by atoms with van der Waals surface area (Å²) < 4.78 is 0.270. The first-order valence-corrected chi connectivity index (χ1v) is 9.71. The number of allylic oxidation sites excluding steroid dienone is 1. The van der Waals surface area contributed by atoms with Crippen molar-refractivity contribution in [3.05, 3.63) is 74.3 Å². The molecule has 2 aromatic carbocycles. The van der Waals surface area contributed by atoms with E-state index in [1.807, 2.05) is 12.1 Å². The number of nitrogens with one attached hydrogen (secondary N) is 1. The van der Waals surface area contributed by atoms with Gasteiger partial charge in [-0.05, 0) is 53.8 Å². The van der Waals surface area contributed by atoms with Crippen LogP contribution in [0, 0.1) is 0 Å². The smallest absolute Gasteiger partial charge is 0.335 e. The van der Waals surface area contributed by atoms with E-state index < -0.39 is 17.8 Å². The molecule has 2 bridgehead atoms. The Labute approximate surface area is 176 Å². The Morgan fingerprint density at radius 1 is 1.03 bits per heavy atom. The number of hydrogen-bond acceptors (Lipinski definition) is 3. The maximum absolute atomic E-state index is 12.9. The quantitative estimate of drug-likeness (QED) is 0.667. The summed E-state index contributed by atoms with van der Waals surface area (Å²) in [6.45, 7) is 0. The molecule has 0 saturated heterocycles. The molecule has 0 spiro atoms. The lowest BCUT2D eigenvalue weighted by Crippen LogP contribution is -2.22. The first-order chi connectivity index (χ1) is 13.8. The third-order valence-electron chi connectivity index (χ3n) is 5.60. The fraction of sp³-hybridized carbons (Fsp3) is 0.190. The minimum Gasteiger partial charge on any atom is -0.478 e. The van der Waals surface area contributed by atoms with Crippen molar-refractivity contribution in [1.29, 1.82) is 0 Å². The van der Waals surface area contributed by atoms with E-state index in [2.05, 4.69) is 5.32 Å². The van der Waals surface area contributed by atoms with Gasteiger partial charge in [0.1, 0.15) is 4.49 Å². The zero-order valence-corrected chi connectivity index (χ0v) is 16.6. The van der Waals surface area contributed by atoms with Crippen LogP contribution in [0.4, 0.5) is 5.69 Å². The highest BCUT2D eigenvalue weighted by molar-refractivity contribution is 6.56. The van der Waals surface area contributed by atoms with E-state index in [0.29, 0.717) is 5.69 Å². The average Bonchev–Trinajstić information content (AvgIpc) is 3.25. The highest BCUT2D eigenvalue weighted by Gasteiger charge is 2.44. The van der Waals surface area contributed by atoms with Gasteiger partial charge in [-0.1, -0.05) is 35.3 Å². The van der Waals surface area contributed by atoms with E-state index in [9.17, 15) is 14.4 Å². The summed E-state index contributed by atoms with van der Waals surface area (Å²) in [6.07, 6.45) is 1.85. The third-order valence-corrected chi connectivity index (χ3v) is 6.04. The van der Waals surface area contributed by atoms with Crippen LogP contribution in [-0.4, -0.2) is 22.9 Å². The molecule has 4 rings (SSSR count). The molecule has 29 heavy (non-hydrogen) atoms. The zero-order valence-electron chi connectivity index (χ0n) is 15.0. The normalized spacial score (nSPS) is 19.0. The highest BCUT2D eigenvalue weighted by atomic mass is 35.5. The van der Waals surface area contributed by atoms with Crippen LogP contribution in [-0.2, 0) is 0 Å². The van der Waals surface area contributed by atoms with E-state index in [4.69, 9.17) is 34.0 Å². The molecule has 2 atom stereocenters. The first-order valence-electron chi connectivity index (χ1n) is 8.96. The second-order valence-corrected chi connectivity index (χ2v) is 8.04. The molecule has 0 heterocycles. The van der Waals surface area contributed by atoms with Crippen molar-refractivity contribution in [3.8, 4) is 0 Å². The maximum Gasteiger partial charge on any atom is 0.335 e. The van der Waals surface area contributed by atoms with E-state index in [1.54, 1.807) is 6.07 Å². The number of primary amides is 1. The number of fused-ring (bicyclic) bond motifs is 5. The largest absolute Gasteiger partial charge is 0.478 e. The van der Waals surface area contributed by atoms with E-state index in [-0.39, 0.29) is 33.0 Å². The van der Waals surface area contributed by atoms with Crippen LogP contribution < -0.4 is 11.1 Å². The summed E-state index contributed by atoms with van der Waals surface area (Å²) in [7, 11) is 0. The number of hydrogen-bond donors (Lipinski definition) is 3. The van der Waals surface area contributed by atoms with E-state index in [1.165, 1.54) is 12.1 Å². The summed E-state index contributed by atoms with van der Waals surface area (Å²) in [4.78, 5) is 35.8. The molecule has 0 aromatic heterocycles. The van der Waals surface area contributed by atoms with Gasteiger partial charge in [-0.2, -0.15) is 0 Å². The molecule has 0 unspecified atom stereocenters. The molecule has 2 amide bonds. The lowest BCUT2D eigenvalue weighted by molar-refractivity contribution is 0.0696. The van der Waals surface area contributed by atoms with Crippen molar-refractivity contribution in [3.63, 3.8) is 0 Å². The van der Waals surface area contributed by atoms with Crippen molar-refractivity contribution in [1.82, 2.24) is 0 Å². The Morgan fingerprint density at radius 2 is 1.76 bits per heavy atom. The Balaban J connectivity index is 1.72. The molecule has 0 radical (unpaired) electrons. The molecular formula is C21H16Cl2N2O4. The second kappa shape index (κ2) is 7.21. The van der Waals surface area contributed by atoms with Gasteiger partial charge in [0.2, 0.25) is 5.91 Å². The fourth-order valence-corrected chi connectivity index (χ4v) is 4.95. The van der Waals surface area contributed by atoms with Gasteiger partial charge < -0.3 is 16.2 Å². The number of aromatic carboxylic acids is 1. The fourth-order valence-electron chi connectivity index (χ4n) is 4.43. The van der Waals surface area contributed by atoms with Crippen molar-refractivity contribution >= 4 is 46.7 Å². The van der Waals surface area contributed by atoms with Crippen molar-refractivity contribution in [2.45, 2.75) is 24.7 Å². The minimum absolute atomic E-state index is 0.00870. The van der Waals surface area contributed by atoms with Crippen LogP contribution in [0.5, 0.6) is 0 Å². The molecule has 1 saturated carbocycles. The molecule has 4 N–H and O–H groups in total. The molecule has 1 fully saturated rings. The Bertz CT molecular complexity index is 1110. The number of rotatable bonds is 4. The maximum atomic E-state index is 12.9. The minimum atomic E-state index is -1.21. The number of carboxylic acids is 1. The molecule has 2 aliphatic carbocycles. The molecule has 148 valence electrons. The van der Waals surface area contributed by atoms with Crippen LogP contribution in [0.2, 0.25) is 0 Å². The Morgan fingerprint density at radius 3 is 2.41 bits per heavy atom. The van der Waals surface area contributed by atoms with Crippen LogP contribution in [0.15, 0.2) is 46.5 Å². The van der Waals surface area contributed by atoms with Crippen LogP contribution in [0.3, 0.4) is 0 Å². The second-order valence-electron chi connectivity index (χ2n) is 7.09. The number of carbonyl (C=O) groups excluding carboxylic acids is 2. The van der Waals surface area contributed by atoms with Gasteiger partial charge in [-0.3, -0.25) is 9.59 Å². The summed E-state index contributed by atoms with van der Waals surface area (Å²) in [5, 5.41) is 12.0. The van der Waals surface area contributed by atoms with Crippen molar-refractivity contribution < 1.29 is 19.5 Å². The lowest BCUT2D eigenvalue weighted by atomic mass is 9.90. The summed E-state index contributed by atoms with van der Waals surface area (Å²) in [5.74, 6) is -2.45. The van der Waals surface area contributed by atoms with Crippen LogP contribution in [0.1, 0.15) is 66.9 Å². The molecular weight excluding hydrogens is 415 g/mol. The van der Waals surface area contributed by atoms with Crippen LogP contribution in [0.25, 0.3) is 0 Å². The topological polar surface area (TPSA) is 109 Å². The first kappa shape index (κ1) is 19.5. The highest BCUT2D eigenvalue weighted by Crippen LogP contribution is 2.60. The zero-order chi connectivity index (χ0) is 20.9. The van der Waals surface area contributed by atoms with Gasteiger partial charge in [0, 0.05) is 17.5 Å². The number of anilines is 1. The van der Waals surface area contributed by atoms with Crippen LogP contribution >= 0.6 is 23.2 Å². The third kappa shape index (κ3) is 3.18. The molecule has 8 heteroatoms. The Kier molecular flexibility index (Phi) is 4.84. The predicted molar refractivity (Wildman–Crippen MR) is 110 cm³/mol. The van der Waals surface area contributed by atoms with Gasteiger partial charge in [0.15, 0.2) is 0 Å². The number of benzene rings is 2. The number of amides is 2. The van der Waals surface area contributed by atoms with Gasteiger partial charge in [0.05, 0.1) is 16.7 Å². The summed E-state index contributed by atoms with van der Waals surface area (Å²) in [6, 6.07) is 9.28. The van der Waals surface area contributed by atoms with E-state index >= 15 is 0 Å². The molecule has 2 aliphatic rings. The van der Waals surface area contributed by atoms with Crippen molar-refractivity contribution in [2.75, 3.05) is 5.32 Å². The predicted octanol–water partition coefficient (Wildman–Crippen LogP) is 4.40. The monoisotopic (exact) mass is 430 g/mol. The molecule has 6 nitrogen and oxygen atoms in total. The lowest BCUT2D eigenvalue weighted by Gasteiger charge is -2.19. The van der Waals surface area contributed by atoms with Gasteiger partial charge in [-0.25, -0.2) is 4.79 Å². The van der Waals surface area contributed by atoms with Gasteiger partial charge in [0.25, 0.3) is 5.91 Å². The molecule has 0 aliphatic heterocycles.